The first-order chi connectivity index (χ1) is 8.94. The zero-order valence-electron chi connectivity index (χ0n) is 12.8. The normalized spacial score (nSPS) is 26.6. The van der Waals surface area contributed by atoms with Crippen LogP contribution >= 0.6 is 0 Å². The fraction of sp³-hybridized carbons (Fsp3) is 0.933. The van der Waals surface area contributed by atoms with Crippen LogP contribution in [0.2, 0.25) is 0 Å². The van der Waals surface area contributed by atoms with Gasteiger partial charge in [0, 0.05) is 6.61 Å². The second kappa shape index (κ2) is 5.41. The van der Waals surface area contributed by atoms with Gasteiger partial charge in [-0.3, -0.25) is 10.1 Å². The van der Waals surface area contributed by atoms with Gasteiger partial charge in [0.2, 0.25) is 5.91 Å². The molecule has 0 aromatic carbocycles. The van der Waals surface area contributed by atoms with Gasteiger partial charge in [-0.2, -0.15) is 0 Å². The van der Waals surface area contributed by atoms with Crippen LogP contribution in [0.15, 0.2) is 0 Å². The van der Waals surface area contributed by atoms with Crippen molar-refractivity contribution in [3.05, 3.63) is 0 Å². The fourth-order valence-electron chi connectivity index (χ4n) is 3.56. The second-order valence-corrected chi connectivity index (χ2v) is 6.48. The summed E-state index contributed by atoms with van der Waals surface area (Å²) in [6.07, 6.45) is 5.44. The van der Waals surface area contributed by atoms with E-state index in [2.05, 4.69) is 26.1 Å². The first kappa shape index (κ1) is 14.8. The molecular formula is C15H28N2O2. The van der Waals surface area contributed by atoms with Crippen LogP contribution in [0.1, 0.15) is 59.8 Å². The lowest BCUT2D eigenvalue weighted by Gasteiger charge is -2.33. The molecular weight excluding hydrogens is 240 g/mol. The molecule has 0 aromatic heterocycles. The van der Waals surface area contributed by atoms with E-state index in [4.69, 9.17) is 4.74 Å². The maximum absolute atomic E-state index is 12.8. The monoisotopic (exact) mass is 268 g/mol. The minimum Gasteiger partial charge on any atom is -0.374 e. The summed E-state index contributed by atoms with van der Waals surface area (Å²) in [6, 6.07) is 0. The predicted octanol–water partition coefficient (Wildman–Crippen LogP) is 2.28. The standard InChI is InChI=1S/C15H28N2O2/c1-5-12-16-15(9-7-8-10-15)13(18)17(12)11-14(3,4)19-6-2/h12,16H,5-11H2,1-4H3. The number of ether oxygens (including phenoxy) is 1. The third kappa shape index (κ3) is 2.79. The van der Waals surface area contributed by atoms with Gasteiger partial charge in [-0.1, -0.05) is 19.8 Å². The van der Waals surface area contributed by atoms with Crippen molar-refractivity contribution in [2.24, 2.45) is 0 Å². The van der Waals surface area contributed by atoms with Gasteiger partial charge in [-0.25, -0.2) is 0 Å². The highest BCUT2D eigenvalue weighted by Crippen LogP contribution is 2.37. The average Bonchev–Trinajstić information content (AvgIpc) is 2.90. The number of rotatable bonds is 5. The van der Waals surface area contributed by atoms with Crippen molar-refractivity contribution < 1.29 is 9.53 Å². The number of carbonyl (C=O) groups is 1. The Morgan fingerprint density at radius 2 is 2.00 bits per heavy atom. The molecule has 0 aromatic rings. The molecule has 0 radical (unpaired) electrons. The second-order valence-electron chi connectivity index (χ2n) is 6.48. The summed E-state index contributed by atoms with van der Waals surface area (Å²) in [5.74, 6) is 0.296. The molecule has 1 unspecified atom stereocenters. The molecule has 1 aliphatic heterocycles. The number of nitrogens with zero attached hydrogens (tertiary/aromatic N) is 1. The maximum atomic E-state index is 12.8. The van der Waals surface area contributed by atoms with Crippen molar-refractivity contribution >= 4 is 5.91 Å². The van der Waals surface area contributed by atoms with E-state index in [1.165, 1.54) is 0 Å². The number of hydrogen-bond donors (Lipinski definition) is 1. The number of amides is 1. The average molecular weight is 268 g/mol. The van der Waals surface area contributed by atoms with Gasteiger partial charge in [0.1, 0.15) is 0 Å². The molecule has 1 amide bonds. The fourth-order valence-corrected chi connectivity index (χ4v) is 3.56. The Kier molecular flexibility index (Phi) is 4.21. The first-order valence-electron chi connectivity index (χ1n) is 7.67. The Morgan fingerprint density at radius 1 is 1.37 bits per heavy atom. The lowest BCUT2D eigenvalue weighted by Crippen LogP contribution is -2.47. The van der Waals surface area contributed by atoms with E-state index in [-0.39, 0.29) is 17.3 Å². The molecule has 1 saturated carbocycles. The highest BCUT2D eigenvalue weighted by atomic mass is 16.5. The summed E-state index contributed by atoms with van der Waals surface area (Å²) in [5.41, 5.74) is -0.535. The van der Waals surface area contributed by atoms with Crippen LogP contribution < -0.4 is 5.32 Å². The minimum absolute atomic E-state index is 0.172. The van der Waals surface area contributed by atoms with Gasteiger partial charge < -0.3 is 9.64 Å². The highest BCUT2D eigenvalue weighted by Gasteiger charge is 2.52. The summed E-state index contributed by atoms with van der Waals surface area (Å²) < 4.78 is 5.76. The molecule has 19 heavy (non-hydrogen) atoms. The summed E-state index contributed by atoms with van der Waals surface area (Å²) in [5, 5.41) is 3.60. The Bertz CT molecular complexity index is 335. The van der Waals surface area contributed by atoms with E-state index in [1.807, 2.05) is 11.8 Å². The molecule has 110 valence electrons. The third-order valence-electron chi connectivity index (χ3n) is 4.42. The van der Waals surface area contributed by atoms with Crippen LogP contribution in [0.25, 0.3) is 0 Å². The molecule has 4 heteroatoms. The Balaban J connectivity index is 2.12. The van der Waals surface area contributed by atoms with Crippen LogP contribution in [0.5, 0.6) is 0 Å². The highest BCUT2D eigenvalue weighted by molar-refractivity contribution is 5.89. The maximum Gasteiger partial charge on any atom is 0.244 e. The zero-order chi connectivity index (χ0) is 14.1. The molecule has 1 spiro atoms. The van der Waals surface area contributed by atoms with Crippen LogP contribution in [0.4, 0.5) is 0 Å². The van der Waals surface area contributed by atoms with Gasteiger partial charge in [0.15, 0.2) is 0 Å². The zero-order valence-corrected chi connectivity index (χ0v) is 12.8. The Labute approximate surface area is 116 Å². The molecule has 2 aliphatic rings. The molecule has 1 aliphatic carbocycles. The SMILES string of the molecule is CCOC(C)(C)CN1C(=O)C2(CCCC2)NC1CC. The number of hydrogen-bond acceptors (Lipinski definition) is 3. The molecule has 1 N–H and O–H groups in total. The van der Waals surface area contributed by atoms with Crippen LogP contribution in [0.3, 0.4) is 0 Å². The lowest BCUT2D eigenvalue weighted by molar-refractivity contribution is -0.137. The van der Waals surface area contributed by atoms with Crippen molar-refractivity contribution in [3.8, 4) is 0 Å². The summed E-state index contributed by atoms with van der Waals surface area (Å²) in [6.45, 7) is 9.63. The predicted molar refractivity (Wildman–Crippen MR) is 75.8 cm³/mol. The third-order valence-corrected chi connectivity index (χ3v) is 4.42. The Morgan fingerprint density at radius 3 is 2.53 bits per heavy atom. The molecule has 2 rings (SSSR count). The smallest absolute Gasteiger partial charge is 0.244 e. The van der Waals surface area contributed by atoms with Gasteiger partial charge in [0.25, 0.3) is 0 Å². The number of carbonyl (C=O) groups excluding carboxylic acids is 1. The van der Waals surface area contributed by atoms with Crippen molar-refractivity contribution in [1.29, 1.82) is 0 Å². The van der Waals surface area contributed by atoms with E-state index in [0.717, 1.165) is 32.1 Å². The van der Waals surface area contributed by atoms with Gasteiger partial charge >= 0.3 is 0 Å². The summed E-state index contributed by atoms with van der Waals surface area (Å²) in [4.78, 5) is 14.8. The summed E-state index contributed by atoms with van der Waals surface area (Å²) in [7, 11) is 0. The van der Waals surface area contributed by atoms with Crippen molar-refractivity contribution in [1.82, 2.24) is 10.2 Å². The van der Waals surface area contributed by atoms with Crippen molar-refractivity contribution in [2.75, 3.05) is 13.2 Å². The van der Waals surface area contributed by atoms with Crippen LogP contribution in [-0.2, 0) is 9.53 Å². The largest absolute Gasteiger partial charge is 0.374 e. The Hall–Kier alpha value is -0.610. The van der Waals surface area contributed by atoms with Gasteiger partial charge in [-0.15, -0.1) is 0 Å². The van der Waals surface area contributed by atoms with Crippen molar-refractivity contribution in [2.45, 2.75) is 77.1 Å². The molecule has 1 heterocycles. The van der Waals surface area contributed by atoms with Crippen LogP contribution in [-0.4, -0.2) is 41.3 Å². The molecule has 1 saturated heterocycles. The molecule has 2 fully saturated rings. The van der Waals surface area contributed by atoms with Gasteiger partial charge in [0.05, 0.1) is 23.9 Å². The quantitative estimate of drug-likeness (QED) is 0.831. The minimum atomic E-state index is -0.274. The van der Waals surface area contributed by atoms with Gasteiger partial charge in [-0.05, 0) is 40.0 Å². The lowest BCUT2D eigenvalue weighted by atomic mass is 9.97. The first-order valence-corrected chi connectivity index (χ1v) is 7.67. The van der Waals surface area contributed by atoms with E-state index in [1.54, 1.807) is 0 Å². The van der Waals surface area contributed by atoms with Crippen molar-refractivity contribution in [3.63, 3.8) is 0 Å². The molecule has 1 atom stereocenters. The van der Waals surface area contributed by atoms with E-state index >= 15 is 0 Å². The molecule has 0 bridgehead atoms. The van der Waals surface area contributed by atoms with E-state index < -0.39 is 0 Å². The van der Waals surface area contributed by atoms with E-state index in [9.17, 15) is 4.79 Å². The van der Waals surface area contributed by atoms with E-state index in [0.29, 0.717) is 19.1 Å². The number of nitrogens with one attached hydrogen (secondary N) is 1. The topological polar surface area (TPSA) is 41.6 Å². The molecule has 4 nitrogen and oxygen atoms in total. The summed E-state index contributed by atoms with van der Waals surface area (Å²) >= 11 is 0. The van der Waals surface area contributed by atoms with Crippen LogP contribution in [0, 0.1) is 0 Å².